The molecule has 134 valence electrons. The Balaban J connectivity index is 1.50. The first-order valence-corrected chi connectivity index (χ1v) is 9.53. The molecule has 3 nitrogen and oxygen atoms in total. The summed E-state index contributed by atoms with van der Waals surface area (Å²) >= 11 is 12.5. The predicted molar refractivity (Wildman–Crippen MR) is 104 cm³/mol. The summed E-state index contributed by atoms with van der Waals surface area (Å²) < 4.78 is 5.54. The van der Waals surface area contributed by atoms with Gasteiger partial charge in [0.15, 0.2) is 0 Å². The first kappa shape index (κ1) is 17.4. The first-order chi connectivity index (χ1) is 12.6. The molecule has 2 unspecified atom stereocenters. The van der Waals surface area contributed by atoms with Crippen molar-refractivity contribution < 1.29 is 9.53 Å². The van der Waals surface area contributed by atoms with Gasteiger partial charge < -0.3 is 4.74 Å². The minimum atomic E-state index is -0.242. The smallest absolute Gasteiger partial charge is 0.410 e. The van der Waals surface area contributed by atoms with E-state index in [9.17, 15) is 4.79 Å². The first-order valence-electron chi connectivity index (χ1n) is 8.77. The average Bonchev–Trinajstić information content (AvgIpc) is 2.93. The van der Waals surface area contributed by atoms with Gasteiger partial charge in [-0.25, -0.2) is 4.79 Å². The van der Waals surface area contributed by atoms with Crippen LogP contribution >= 0.6 is 23.2 Å². The van der Waals surface area contributed by atoms with Crippen LogP contribution in [0.4, 0.5) is 4.79 Å². The van der Waals surface area contributed by atoms with Gasteiger partial charge in [-0.05, 0) is 42.0 Å². The molecule has 26 heavy (non-hydrogen) atoms. The molecule has 2 aromatic carbocycles. The molecule has 1 saturated heterocycles. The maximum Gasteiger partial charge on any atom is 0.410 e. The predicted octanol–water partition coefficient (Wildman–Crippen LogP) is 5.95. The van der Waals surface area contributed by atoms with Crippen LogP contribution in [0.25, 0.3) is 5.57 Å². The Morgan fingerprint density at radius 1 is 1.08 bits per heavy atom. The number of ether oxygens (including phenoxy) is 1. The molecule has 2 atom stereocenters. The quantitative estimate of drug-likeness (QED) is 0.650. The third-order valence-corrected chi connectivity index (χ3v) is 5.93. The highest BCUT2D eigenvalue weighted by Gasteiger charge is 2.40. The van der Waals surface area contributed by atoms with Crippen molar-refractivity contribution in [2.75, 3.05) is 0 Å². The highest BCUT2D eigenvalue weighted by atomic mass is 35.5. The van der Waals surface area contributed by atoms with Crippen molar-refractivity contribution in [2.24, 2.45) is 0 Å². The standard InChI is InChI=1S/C21H19Cl2NO2/c22-19-8-4-7-18(20(19)23)15-11-16-9-10-17(12-15)24(16)21(25)26-13-14-5-2-1-3-6-14/h1-8,11,16-17H,9-10,12-13H2. The minimum Gasteiger partial charge on any atom is -0.445 e. The molecule has 0 spiro atoms. The number of halogens is 2. The van der Waals surface area contributed by atoms with Gasteiger partial charge in [0.2, 0.25) is 0 Å². The average molecular weight is 388 g/mol. The Bertz CT molecular complexity index is 850. The second-order valence-electron chi connectivity index (χ2n) is 6.74. The molecule has 0 aliphatic carbocycles. The van der Waals surface area contributed by atoms with E-state index in [-0.39, 0.29) is 18.2 Å². The second kappa shape index (κ2) is 7.34. The van der Waals surface area contributed by atoms with Crippen molar-refractivity contribution >= 4 is 34.9 Å². The van der Waals surface area contributed by atoms with Gasteiger partial charge in [0, 0.05) is 6.04 Å². The number of amides is 1. The molecule has 2 aromatic rings. The fourth-order valence-electron chi connectivity index (χ4n) is 3.86. The van der Waals surface area contributed by atoms with Gasteiger partial charge in [-0.3, -0.25) is 4.90 Å². The summed E-state index contributed by atoms with van der Waals surface area (Å²) in [5, 5.41) is 1.14. The largest absolute Gasteiger partial charge is 0.445 e. The second-order valence-corrected chi connectivity index (χ2v) is 7.53. The molecule has 0 saturated carbocycles. The summed E-state index contributed by atoms with van der Waals surface area (Å²) in [7, 11) is 0. The number of carbonyl (C=O) groups excluding carboxylic acids is 1. The van der Waals surface area contributed by atoms with Gasteiger partial charge >= 0.3 is 6.09 Å². The third kappa shape index (κ3) is 3.34. The van der Waals surface area contributed by atoms with Crippen LogP contribution in [-0.4, -0.2) is 23.1 Å². The lowest BCUT2D eigenvalue weighted by molar-refractivity contribution is 0.0832. The molecule has 0 radical (unpaired) electrons. The maximum atomic E-state index is 12.6. The zero-order chi connectivity index (χ0) is 18.1. The van der Waals surface area contributed by atoms with E-state index in [0.717, 1.165) is 36.0 Å². The molecule has 5 heteroatoms. The van der Waals surface area contributed by atoms with Gasteiger partial charge in [-0.15, -0.1) is 0 Å². The van der Waals surface area contributed by atoms with Gasteiger partial charge in [-0.1, -0.05) is 71.7 Å². The number of rotatable bonds is 3. The van der Waals surface area contributed by atoms with E-state index in [4.69, 9.17) is 27.9 Å². The van der Waals surface area contributed by atoms with Crippen LogP contribution in [0.1, 0.15) is 30.4 Å². The molecule has 2 heterocycles. The SMILES string of the molecule is O=C(OCc1ccccc1)N1C2C=C(c3cccc(Cl)c3Cl)CC1CC2. The molecular formula is C21H19Cl2NO2. The van der Waals surface area contributed by atoms with Gasteiger partial charge in [0.05, 0.1) is 16.1 Å². The van der Waals surface area contributed by atoms with E-state index >= 15 is 0 Å². The number of hydrogen-bond donors (Lipinski definition) is 0. The van der Waals surface area contributed by atoms with E-state index in [1.165, 1.54) is 0 Å². The normalized spacial score (nSPS) is 21.5. The van der Waals surface area contributed by atoms with Crippen molar-refractivity contribution in [3.63, 3.8) is 0 Å². The molecule has 0 N–H and O–H groups in total. The molecule has 2 aliphatic rings. The minimum absolute atomic E-state index is 0.0575. The topological polar surface area (TPSA) is 29.5 Å². The number of carbonyl (C=O) groups is 1. The van der Waals surface area contributed by atoms with E-state index in [1.807, 2.05) is 47.4 Å². The summed E-state index contributed by atoms with van der Waals surface area (Å²) in [4.78, 5) is 14.5. The molecular weight excluding hydrogens is 369 g/mol. The lowest BCUT2D eigenvalue weighted by atomic mass is 9.95. The van der Waals surface area contributed by atoms with Crippen molar-refractivity contribution in [3.8, 4) is 0 Å². The third-order valence-electron chi connectivity index (χ3n) is 5.11. The Morgan fingerprint density at radius 3 is 2.65 bits per heavy atom. The Morgan fingerprint density at radius 2 is 1.88 bits per heavy atom. The van der Waals surface area contributed by atoms with E-state index in [2.05, 4.69) is 6.08 Å². The maximum absolute atomic E-state index is 12.6. The summed E-state index contributed by atoms with van der Waals surface area (Å²) in [6, 6.07) is 15.6. The Labute approximate surface area is 163 Å². The van der Waals surface area contributed by atoms with E-state index in [0.29, 0.717) is 16.7 Å². The van der Waals surface area contributed by atoms with Crippen LogP contribution in [0.5, 0.6) is 0 Å². The fraction of sp³-hybridized carbons (Fsp3) is 0.286. The molecule has 1 fully saturated rings. The van der Waals surface area contributed by atoms with Crippen LogP contribution in [0.3, 0.4) is 0 Å². The zero-order valence-electron chi connectivity index (χ0n) is 14.2. The van der Waals surface area contributed by atoms with Gasteiger partial charge in [0.25, 0.3) is 0 Å². The summed E-state index contributed by atoms with van der Waals surface area (Å²) in [5.74, 6) is 0. The lowest BCUT2D eigenvalue weighted by Gasteiger charge is -2.33. The Kier molecular flexibility index (Phi) is 4.92. The van der Waals surface area contributed by atoms with Crippen LogP contribution in [-0.2, 0) is 11.3 Å². The van der Waals surface area contributed by atoms with Crippen LogP contribution in [0.15, 0.2) is 54.6 Å². The Hall–Kier alpha value is -1.97. The molecule has 2 aliphatic heterocycles. The summed E-state index contributed by atoms with van der Waals surface area (Å²) in [6.07, 6.45) is 4.60. The number of nitrogens with zero attached hydrogens (tertiary/aromatic N) is 1. The molecule has 0 aromatic heterocycles. The fourth-order valence-corrected chi connectivity index (χ4v) is 4.28. The lowest BCUT2D eigenvalue weighted by Crippen LogP contribution is -2.43. The van der Waals surface area contributed by atoms with Crippen LogP contribution in [0.2, 0.25) is 10.0 Å². The molecule has 1 amide bonds. The van der Waals surface area contributed by atoms with Crippen molar-refractivity contribution in [1.29, 1.82) is 0 Å². The van der Waals surface area contributed by atoms with E-state index in [1.54, 1.807) is 6.07 Å². The van der Waals surface area contributed by atoms with Crippen LogP contribution in [0, 0.1) is 0 Å². The van der Waals surface area contributed by atoms with Gasteiger partial charge in [-0.2, -0.15) is 0 Å². The van der Waals surface area contributed by atoms with Crippen molar-refractivity contribution in [2.45, 2.75) is 38.0 Å². The molecule has 4 rings (SSSR count). The molecule has 2 bridgehead atoms. The van der Waals surface area contributed by atoms with Crippen molar-refractivity contribution in [3.05, 3.63) is 75.8 Å². The number of fused-ring (bicyclic) bond motifs is 2. The summed E-state index contributed by atoms with van der Waals surface area (Å²) in [6.45, 7) is 0.298. The number of hydrogen-bond acceptors (Lipinski definition) is 2. The van der Waals surface area contributed by atoms with Crippen LogP contribution < -0.4 is 0 Å². The zero-order valence-corrected chi connectivity index (χ0v) is 15.7. The number of benzene rings is 2. The van der Waals surface area contributed by atoms with Gasteiger partial charge in [0.1, 0.15) is 6.61 Å². The summed E-state index contributed by atoms with van der Waals surface area (Å²) in [5.41, 5.74) is 3.12. The van der Waals surface area contributed by atoms with E-state index < -0.39 is 0 Å². The highest BCUT2D eigenvalue weighted by Crippen LogP contribution is 2.41. The highest BCUT2D eigenvalue weighted by molar-refractivity contribution is 6.43. The monoisotopic (exact) mass is 387 g/mol. The van der Waals surface area contributed by atoms with Crippen molar-refractivity contribution in [1.82, 2.24) is 4.90 Å².